The van der Waals surface area contributed by atoms with Crippen LogP contribution in [0.3, 0.4) is 0 Å². The molecular formula is C12H15NO2. The van der Waals surface area contributed by atoms with Crippen molar-refractivity contribution in [2.24, 2.45) is 0 Å². The van der Waals surface area contributed by atoms with Gasteiger partial charge in [0.25, 0.3) is 0 Å². The topological polar surface area (TPSA) is 42.2 Å². The van der Waals surface area contributed by atoms with Crippen molar-refractivity contribution >= 4 is 0 Å². The third-order valence-corrected chi connectivity index (χ3v) is 2.33. The maximum Gasteiger partial charge on any atom is 0.126 e. The van der Waals surface area contributed by atoms with Crippen molar-refractivity contribution in [2.75, 3.05) is 14.2 Å². The van der Waals surface area contributed by atoms with Gasteiger partial charge in [-0.1, -0.05) is 6.92 Å². The predicted molar refractivity (Wildman–Crippen MR) is 58.2 cm³/mol. The van der Waals surface area contributed by atoms with Crippen molar-refractivity contribution in [1.29, 1.82) is 5.26 Å². The molecule has 0 unspecified atom stereocenters. The summed E-state index contributed by atoms with van der Waals surface area (Å²) in [6.07, 6.45) is 1.24. The van der Waals surface area contributed by atoms with Crippen LogP contribution in [0.15, 0.2) is 12.1 Å². The van der Waals surface area contributed by atoms with Crippen LogP contribution >= 0.6 is 0 Å². The van der Waals surface area contributed by atoms with Crippen molar-refractivity contribution in [3.8, 4) is 17.6 Å². The van der Waals surface area contributed by atoms with E-state index in [9.17, 15) is 0 Å². The zero-order valence-corrected chi connectivity index (χ0v) is 9.33. The summed E-state index contributed by atoms with van der Waals surface area (Å²) in [6, 6.07) is 5.94. The second kappa shape index (κ2) is 5.26. The van der Waals surface area contributed by atoms with Crippen molar-refractivity contribution < 1.29 is 9.47 Å². The Kier molecular flexibility index (Phi) is 3.99. The lowest BCUT2D eigenvalue weighted by atomic mass is 10.0. The van der Waals surface area contributed by atoms with Crippen LogP contribution in [0.25, 0.3) is 0 Å². The van der Waals surface area contributed by atoms with Crippen LogP contribution in [0.5, 0.6) is 11.5 Å². The lowest BCUT2D eigenvalue weighted by Crippen LogP contribution is -1.97. The van der Waals surface area contributed by atoms with Gasteiger partial charge in [-0.2, -0.15) is 5.26 Å². The molecule has 0 heterocycles. The first-order valence-corrected chi connectivity index (χ1v) is 4.87. The molecule has 0 radical (unpaired) electrons. The van der Waals surface area contributed by atoms with Crippen LogP contribution < -0.4 is 9.47 Å². The lowest BCUT2D eigenvalue weighted by Gasteiger charge is -2.12. The standard InChI is InChI=1S/C12H15NO2/c1-4-9-7-10(5-6-13)12(15-3)8-11(9)14-2/h7-8H,4-5H2,1-3H3. The molecule has 0 fully saturated rings. The van der Waals surface area contributed by atoms with Gasteiger partial charge in [0, 0.05) is 11.6 Å². The van der Waals surface area contributed by atoms with E-state index < -0.39 is 0 Å². The smallest absolute Gasteiger partial charge is 0.126 e. The Bertz CT molecular complexity index is 380. The highest BCUT2D eigenvalue weighted by Gasteiger charge is 2.09. The molecular weight excluding hydrogens is 190 g/mol. The zero-order chi connectivity index (χ0) is 11.3. The van der Waals surface area contributed by atoms with E-state index in [0.29, 0.717) is 12.2 Å². The van der Waals surface area contributed by atoms with Gasteiger partial charge in [0.05, 0.1) is 26.7 Å². The van der Waals surface area contributed by atoms with Crippen LogP contribution in [-0.2, 0) is 12.8 Å². The molecule has 1 aromatic rings. The maximum atomic E-state index is 8.69. The number of methoxy groups -OCH3 is 2. The second-order valence-corrected chi connectivity index (χ2v) is 3.16. The third kappa shape index (κ3) is 2.41. The molecule has 0 amide bonds. The molecule has 0 aliphatic heterocycles. The molecule has 0 saturated carbocycles. The summed E-state index contributed by atoms with van der Waals surface area (Å²) in [7, 11) is 3.24. The van der Waals surface area contributed by atoms with E-state index in [4.69, 9.17) is 14.7 Å². The van der Waals surface area contributed by atoms with Gasteiger partial charge in [0.15, 0.2) is 0 Å². The first-order valence-electron chi connectivity index (χ1n) is 4.87. The predicted octanol–water partition coefficient (Wildman–Crippen LogP) is 2.33. The normalized spacial score (nSPS) is 9.47. The summed E-state index contributed by atoms with van der Waals surface area (Å²) in [5, 5.41) is 8.69. The Hall–Kier alpha value is -1.69. The van der Waals surface area contributed by atoms with Crippen LogP contribution in [0, 0.1) is 11.3 Å². The van der Waals surface area contributed by atoms with E-state index in [1.807, 2.05) is 12.1 Å². The van der Waals surface area contributed by atoms with Crippen LogP contribution in [0.1, 0.15) is 18.1 Å². The molecule has 0 aliphatic rings. The van der Waals surface area contributed by atoms with Crippen LogP contribution in [0.4, 0.5) is 0 Å². The number of aryl methyl sites for hydroxylation is 1. The molecule has 1 aromatic carbocycles. The molecule has 3 heteroatoms. The quantitative estimate of drug-likeness (QED) is 0.757. The van der Waals surface area contributed by atoms with E-state index >= 15 is 0 Å². The van der Waals surface area contributed by atoms with Gasteiger partial charge in [-0.25, -0.2) is 0 Å². The van der Waals surface area contributed by atoms with E-state index in [1.54, 1.807) is 14.2 Å². The highest BCUT2D eigenvalue weighted by atomic mass is 16.5. The number of nitriles is 1. The summed E-state index contributed by atoms with van der Waals surface area (Å²) in [5.41, 5.74) is 2.02. The average Bonchev–Trinajstić information content (AvgIpc) is 2.28. The highest BCUT2D eigenvalue weighted by Crippen LogP contribution is 2.29. The molecule has 0 aromatic heterocycles. The number of nitrogens with zero attached hydrogens (tertiary/aromatic N) is 1. The van der Waals surface area contributed by atoms with Gasteiger partial charge in [-0.15, -0.1) is 0 Å². The number of rotatable bonds is 4. The molecule has 0 bridgehead atoms. The van der Waals surface area contributed by atoms with Crippen LogP contribution in [0.2, 0.25) is 0 Å². The molecule has 0 spiro atoms. The fourth-order valence-electron chi connectivity index (χ4n) is 1.54. The van der Waals surface area contributed by atoms with E-state index in [1.165, 1.54) is 0 Å². The van der Waals surface area contributed by atoms with Crippen molar-refractivity contribution in [3.05, 3.63) is 23.3 Å². The average molecular weight is 205 g/mol. The Labute approximate surface area is 90.2 Å². The zero-order valence-electron chi connectivity index (χ0n) is 9.33. The Morgan fingerprint density at radius 3 is 2.20 bits per heavy atom. The molecule has 3 nitrogen and oxygen atoms in total. The first kappa shape index (κ1) is 11.4. The molecule has 0 atom stereocenters. The van der Waals surface area contributed by atoms with Gasteiger partial charge < -0.3 is 9.47 Å². The Morgan fingerprint density at radius 1 is 1.13 bits per heavy atom. The van der Waals surface area contributed by atoms with E-state index in [0.717, 1.165) is 23.3 Å². The molecule has 80 valence electrons. The number of ether oxygens (including phenoxy) is 2. The highest BCUT2D eigenvalue weighted by molar-refractivity contribution is 5.47. The molecule has 0 aliphatic carbocycles. The fraction of sp³-hybridized carbons (Fsp3) is 0.417. The third-order valence-electron chi connectivity index (χ3n) is 2.33. The SMILES string of the molecule is CCc1cc(CC#N)c(OC)cc1OC. The summed E-state index contributed by atoms with van der Waals surface area (Å²) in [5.74, 6) is 1.53. The van der Waals surface area contributed by atoms with Gasteiger partial charge >= 0.3 is 0 Å². The summed E-state index contributed by atoms with van der Waals surface area (Å²) in [6.45, 7) is 2.06. The maximum absolute atomic E-state index is 8.69. The van der Waals surface area contributed by atoms with Crippen LogP contribution in [-0.4, -0.2) is 14.2 Å². The van der Waals surface area contributed by atoms with Crippen molar-refractivity contribution in [1.82, 2.24) is 0 Å². The fourth-order valence-corrected chi connectivity index (χ4v) is 1.54. The number of hydrogen-bond donors (Lipinski definition) is 0. The minimum absolute atomic E-state index is 0.361. The lowest BCUT2D eigenvalue weighted by molar-refractivity contribution is 0.389. The van der Waals surface area contributed by atoms with Gasteiger partial charge in [0.2, 0.25) is 0 Å². The number of benzene rings is 1. The molecule has 1 rings (SSSR count). The second-order valence-electron chi connectivity index (χ2n) is 3.16. The minimum atomic E-state index is 0.361. The first-order chi connectivity index (χ1) is 7.26. The molecule has 0 N–H and O–H groups in total. The molecule has 0 saturated heterocycles. The largest absolute Gasteiger partial charge is 0.496 e. The Balaban J connectivity index is 3.22. The van der Waals surface area contributed by atoms with E-state index in [2.05, 4.69) is 13.0 Å². The van der Waals surface area contributed by atoms with Gasteiger partial charge in [0.1, 0.15) is 11.5 Å². The summed E-state index contributed by atoms with van der Waals surface area (Å²) in [4.78, 5) is 0. The van der Waals surface area contributed by atoms with Gasteiger partial charge in [-0.3, -0.25) is 0 Å². The van der Waals surface area contributed by atoms with E-state index in [-0.39, 0.29) is 0 Å². The van der Waals surface area contributed by atoms with Gasteiger partial charge in [-0.05, 0) is 18.1 Å². The Morgan fingerprint density at radius 2 is 1.73 bits per heavy atom. The van der Waals surface area contributed by atoms with Crippen molar-refractivity contribution in [2.45, 2.75) is 19.8 Å². The van der Waals surface area contributed by atoms with Crippen molar-refractivity contribution in [3.63, 3.8) is 0 Å². The molecule has 15 heavy (non-hydrogen) atoms. The summed E-state index contributed by atoms with van der Waals surface area (Å²) >= 11 is 0. The number of hydrogen-bond acceptors (Lipinski definition) is 3. The summed E-state index contributed by atoms with van der Waals surface area (Å²) < 4.78 is 10.5. The monoisotopic (exact) mass is 205 g/mol. The minimum Gasteiger partial charge on any atom is -0.496 e.